The number of ether oxygens (including phenoxy) is 1. The number of aromatic carboxylic acids is 1. The molecule has 3 aromatic rings. The Labute approximate surface area is 172 Å². The molecule has 0 saturated heterocycles. The van der Waals surface area contributed by atoms with Crippen LogP contribution in [0.3, 0.4) is 0 Å². The predicted octanol–water partition coefficient (Wildman–Crippen LogP) is 3.06. The number of anilines is 2. The van der Waals surface area contributed by atoms with Gasteiger partial charge in [0, 0.05) is 5.69 Å². The highest BCUT2D eigenvalue weighted by Crippen LogP contribution is 2.30. The van der Waals surface area contributed by atoms with E-state index in [9.17, 15) is 18.0 Å². The van der Waals surface area contributed by atoms with Crippen LogP contribution in [0, 0.1) is 0 Å². The first-order chi connectivity index (χ1) is 14.3. The molecule has 0 aliphatic carbocycles. The third-order valence-corrected chi connectivity index (χ3v) is 6.15. The second-order valence-corrected chi connectivity index (χ2v) is 8.13. The Hall–Kier alpha value is -3.85. The molecule has 9 heteroatoms. The fraction of sp³-hybridized carbons (Fsp3) is 0.0476. The van der Waals surface area contributed by atoms with Gasteiger partial charge in [0.15, 0.2) is 0 Å². The summed E-state index contributed by atoms with van der Waals surface area (Å²) >= 11 is 0. The molecule has 3 aromatic carbocycles. The van der Waals surface area contributed by atoms with Gasteiger partial charge in [-0.2, -0.15) is 0 Å². The standard InChI is InChI=1S/C21H18N2O6S/c1-29-17-7-3-2-6-16(17)23-20(24)19-15(22)5-4-8-18(19)30(27,28)14-11-9-13(10-12-14)21(25)26/h2-12H,22H2,1H3,(H,23,24)(H,25,26). The van der Waals surface area contributed by atoms with Gasteiger partial charge in [0.2, 0.25) is 9.84 Å². The zero-order valence-electron chi connectivity index (χ0n) is 15.8. The molecule has 30 heavy (non-hydrogen) atoms. The lowest BCUT2D eigenvalue weighted by Crippen LogP contribution is -2.19. The molecule has 0 aliphatic heterocycles. The van der Waals surface area contributed by atoms with E-state index >= 15 is 0 Å². The Bertz CT molecular complexity index is 1220. The summed E-state index contributed by atoms with van der Waals surface area (Å²) in [6.45, 7) is 0. The van der Waals surface area contributed by atoms with Crippen molar-refractivity contribution in [1.29, 1.82) is 0 Å². The van der Waals surface area contributed by atoms with E-state index in [0.29, 0.717) is 11.4 Å². The van der Waals surface area contributed by atoms with Gasteiger partial charge in [0.1, 0.15) is 5.75 Å². The summed E-state index contributed by atoms with van der Waals surface area (Å²) in [5, 5.41) is 11.6. The Kier molecular flexibility index (Phi) is 5.74. The highest BCUT2D eigenvalue weighted by Gasteiger charge is 2.27. The maximum absolute atomic E-state index is 13.2. The van der Waals surface area contributed by atoms with Crippen LogP contribution in [0.2, 0.25) is 0 Å². The van der Waals surface area contributed by atoms with Crippen molar-refractivity contribution < 1.29 is 27.9 Å². The van der Waals surface area contributed by atoms with Gasteiger partial charge in [-0.15, -0.1) is 0 Å². The number of sulfone groups is 1. The van der Waals surface area contributed by atoms with E-state index < -0.39 is 21.7 Å². The number of carboxylic acid groups (broad SMARTS) is 1. The molecule has 0 fully saturated rings. The number of nitrogens with one attached hydrogen (secondary N) is 1. The zero-order chi connectivity index (χ0) is 21.9. The van der Waals surface area contributed by atoms with Crippen LogP contribution in [-0.4, -0.2) is 32.5 Å². The second-order valence-electron chi connectivity index (χ2n) is 6.21. The van der Waals surface area contributed by atoms with Crippen LogP contribution >= 0.6 is 0 Å². The fourth-order valence-electron chi connectivity index (χ4n) is 2.85. The number of amides is 1. The molecule has 4 N–H and O–H groups in total. The van der Waals surface area contributed by atoms with Crippen LogP contribution < -0.4 is 15.8 Å². The minimum atomic E-state index is -4.15. The van der Waals surface area contributed by atoms with Crippen LogP contribution in [0.15, 0.2) is 76.5 Å². The summed E-state index contributed by atoms with van der Waals surface area (Å²) in [6, 6.07) is 15.5. The Morgan fingerprint density at radius 1 is 0.967 bits per heavy atom. The Morgan fingerprint density at radius 2 is 1.63 bits per heavy atom. The first-order valence-electron chi connectivity index (χ1n) is 8.67. The minimum Gasteiger partial charge on any atom is -0.495 e. The van der Waals surface area contributed by atoms with Gasteiger partial charge in [0.25, 0.3) is 5.91 Å². The number of carboxylic acids is 1. The van der Waals surface area contributed by atoms with Crippen molar-refractivity contribution in [3.8, 4) is 5.75 Å². The van der Waals surface area contributed by atoms with Crippen LogP contribution in [0.25, 0.3) is 0 Å². The molecule has 1 amide bonds. The molecule has 0 saturated carbocycles. The zero-order valence-corrected chi connectivity index (χ0v) is 16.6. The topological polar surface area (TPSA) is 136 Å². The van der Waals surface area contributed by atoms with E-state index in [0.717, 1.165) is 0 Å². The molecule has 8 nitrogen and oxygen atoms in total. The third kappa shape index (κ3) is 3.96. The highest BCUT2D eigenvalue weighted by molar-refractivity contribution is 7.91. The largest absolute Gasteiger partial charge is 0.495 e. The lowest BCUT2D eigenvalue weighted by molar-refractivity contribution is 0.0696. The van der Waals surface area contributed by atoms with Crippen LogP contribution in [-0.2, 0) is 9.84 Å². The quantitative estimate of drug-likeness (QED) is 0.515. The number of rotatable bonds is 6. The molecule has 0 heterocycles. The molecule has 0 unspecified atom stereocenters. The van der Waals surface area contributed by atoms with Gasteiger partial charge < -0.3 is 20.9 Å². The van der Waals surface area contributed by atoms with E-state index in [-0.39, 0.29) is 26.6 Å². The number of nitrogens with two attached hydrogens (primary N) is 1. The monoisotopic (exact) mass is 426 g/mol. The summed E-state index contributed by atoms with van der Waals surface area (Å²) in [7, 11) is -2.71. The van der Waals surface area contributed by atoms with Crippen molar-refractivity contribution in [3.05, 3.63) is 77.9 Å². The number of hydrogen-bond donors (Lipinski definition) is 3. The van der Waals surface area contributed by atoms with Crippen molar-refractivity contribution in [2.75, 3.05) is 18.2 Å². The second kappa shape index (κ2) is 8.26. The van der Waals surface area contributed by atoms with Gasteiger partial charge in [-0.1, -0.05) is 18.2 Å². The lowest BCUT2D eigenvalue weighted by Gasteiger charge is -2.15. The average Bonchev–Trinajstić information content (AvgIpc) is 2.73. The van der Waals surface area contributed by atoms with Crippen molar-refractivity contribution in [2.24, 2.45) is 0 Å². The van der Waals surface area contributed by atoms with Crippen molar-refractivity contribution >= 4 is 33.1 Å². The van der Waals surface area contributed by atoms with E-state index in [2.05, 4.69) is 5.32 Å². The normalized spacial score (nSPS) is 11.0. The number of para-hydroxylation sites is 2. The van der Waals surface area contributed by atoms with Gasteiger partial charge >= 0.3 is 5.97 Å². The number of hydrogen-bond acceptors (Lipinski definition) is 6. The van der Waals surface area contributed by atoms with Crippen molar-refractivity contribution in [2.45, 2.75) is 9.79 Å². The molecular formula is C21H18N2O6S. The molecule has 0 atom stereocenters. The summed E-state index contributed by atoms with van der Waals surface area (Å²) in [6.07, 6.45) is 0. The minimum absolute atomic E-state index is 0.0226. The fourth-order valence-corrected chi connectivity index (χ4v) is 4.34. The average molecular weight is 426 g/mol. The maximum Gasteiger partial charge on any atom is 0.335 e. The number of carbonyl (C=O) groups excluding carboxylic acids is 1. The smallest absolute Gasteiger partial charge is 0.335 e. The first-order valence-corrected chi connectivity index (χ1v) is 10.2. The van der Waals surface area contributed by atoms with Crippen LogP contribution in [0.5, 0.6) is 5.75 Å². The highest BCUT2D eigenvalue weighted by atomic mass is 32.2. The predicted molar refractivity (Wildman–Crippen MR) is 111 cm³/mol. The number of methoxy groups -OCH3 is 1. The molecule has 3 rings (SSSR count). The lowest BCUT2D eigenvalue weighted by atomic mass is 10.1. The maximum atomic E-state index is 13.2. The molecule has 0 aliphatic rings. The summed E-state index contributed by atoms with van der Waals surface area (Å²) in [5.74, 6) is -1.51. The summed E-state index contributed by atoms with van der Waals surface area (Å²) in [4.78, 5) is 23.5. The Morgan fingerprint density at radius 3 is 2.27 bits per heavy atom. The van der Waals surface area contributed by atoms with Gasteiger partial charge in [-0.25, -0.2) is 13.2 Å². The van der Waals surface area contributed by atoms with Crippen LogP contribution in [0.4, 0.5) is 11.4 Å². The number of carbonyl (C=O) groups is 2. The molecule has 0 spiro atoms. The van der Waals surface area contributed by atoms with E-state index in [4.69, 9.17) is 15.6 Å². The van der Waals surface area contributed by atoms with Crippen molar-refractivity contribution in [3.63, 3.8) is 0 Å². The summed E-state index contributed by atoms with van der Waals surface area (Å²) in [5.41, 5.74) is 6.00. The van der Waals surface area contributed by atoms with Gasteiger partial charge in [-0.05, 0) is 48.5 Å². The Balaban J connectivity index is 2.06. The molecule has 154 valence electrons. The van der Waals surface area contributed by atoms with Gasteiger partial charge in [0.05, 0.1) is 33.7 Å². The van der Waals surface area contributed by atoms with Crippen molar-refractivity contribution in [1.82, 2.24) is 0 Å². The molecular weight excluding hydrogens is 408 g/mol. The van der Waals surface area contributed by atoms with Crippen LogP contribution in [0.1, 0.15) is 20.7 Å². The van der Waals surface area contributed by atoms with E-state index in [1.165, 1.54) is 49.6 Å². The molecule has 0 radical (unpaired) electrons. The first kappa shape index (κ1) is 20.9. The van der Waals surface area contributed by atoms with Gasteiger partial charge in [-0.3, -0.25) is 4.79 Å². The number of nitrogen functional groups attached to an aromatic ring is 1. The molecule has 0 aromatic heterocycles. The number of benzene rings is 3. The van der Waals surface area contributed by atoms with E-state index in [1.807, 2.05) is 0 Å². The van der Waals surface area contributed by atoms with E-state index in [1.54, 1.807) is 24.3 Å². The third-order valence-electron chi connectivity index (χ3n) is 4.34. The SMILES string of the molecule is COc1ccccc1NC(=O)c1c(N)cccc1S(=O)(=O)c1ccc(C(=O)O)cc1. The molecule has 0 bridgehead atoms. The summed E-state index contributed by atoms with van der Waals surface area (Å²) < 4.78 is 31.5.